The van der Waals surface area contributed by atoms with Gasteiger partial charge in [0.1, 0.15) is 5.82 Å². The summed E-state index contributed by atoms with van der Waals surface area (Å²) in [5, 5.41) is 3.06. The third-order valence-electron chi connectivity index (χ3n) is 4.82. The quantitative estimate of drug-likeness (QED) is 0.670. The van der Waals surface area contributed by atoms with Gasteiger partial charge in [-0.3, -0.25) is 4.98 Å². The Morgan fingerprint density at radius 1 is 1.07 bits per heavy atom. The fourth-order valence-corrected chi connectivity index (χ4v) is 3.40. The molecule has 1 saturated heterocycles. The molecule has 2 atom stereocenters. The molecule has 0 aliphatic carbocycles. The standard InChI is InChI=1S/C21H19F3N4O/c22-21(23,24)17-11-18(28-20(27-17)16-7-4-9-25-12-16)26-13-15-8-10-29-19(15)14-5-2-1-3-6-14/h1-7,9,11-12,15,19H,8,10,13H2,(H,26,27,28). The maximum Gasteiger partial charge on any atom is 0.433 e. The third-order valence-corrected chi connectivity index (χ3v) is 4.82. The van der Waals surface area contributed by atoms with Gasteiger partial charge in [0, 0.05) is 43.1 Å². The highest BCUT2D eigenvalue weighted by atomic mass is 19.4. The van der Waals surface area contributed by atoms with E-state index in [1.54, 1.807) is 18.3 Å². The first-order chi connectivity index (χ1) is 14.0. The molecule has 0 saturated carbocycles. The van der Waals surface area contributed by atoms with E-state index >= 15 is 0 Å². The fraction of sp³-hybridized carbons (Fsp3) is 0.286. The lowest BCUT2D eigenvalue weighted by Crippen LogP contribution is -2.19. The van der Waals surface area contributed by atoms with Crippen LogP contribution in [0.4, 0.5) is 19.0 Å². The van der Waals surface area contributed by atoms with Crippen LogP contribution in [0, 0.1) is 5.92 Å². The number of nitrogens with zero attached hydrogens (tertiary/aromatic N) is 3. The van der Waals surface area contributed by atoms with Crippen molar-refractivity contribution in [2.45, 2.75) is 18.7 Å². The van der Waals surface area contributed by atoms with Crippen molar-refractivity contribution in [3.8, 4) is 11.4 Å². The molecule has 2 aromatic heterocycles. The van der Waals surface area contributed by atoms with Crippen LogP contribution >= 0.6 is 0 Å². The smallest absolute Gasteiger partial charge is 0.373 e. The number of hydrogen-bond acceptors (Lipinski definition) is 5. The molecule has 1 aliphatic rings. The first kappa shape index (κ1) is 19.3. The predicted octanol–water partition coefficient (Wildman–Crippen LogP) is 4.75. The number of hydrogen-bond donors (Lipinski definition) is 1. The second-order valence-electron chi connectivity index (χ2n) is 6.83. The molecule has 1 fully saturated rings. The van der Waals surface area contributed by atoms with Crippen molar-refractivity contribution in [2.24, 2.45) is 5.92 Å². The van der Waals surface area contributed by atoms with E-state index in [2.05, 4.69) is 20.3 Å². The highest BCUT2D eigenvalue weighted by Crippen LogP contribution is 2.35. The van der Waals surface area contributed by atoms with Gasteiger partial charge in [0.05, 0.1) is 6.10 Å². The molecule has 1 N–H and O–H groups in total. The Balaban J connectivity index is 1.56. The van der Waals surface area contributed by atoms with E-state index in [4.69, 9.17) is 4.74 Å². The lowest BCUT2D eigenvalue weighted by Gasteiger charge is -2.20. The Hall–Kier alpha value is -3.00. The molecule has 29 heavy (non-hydrogen) atoms. The Morgan fingerprint density at radius 3 is 2.62 bits per heavy atom. The normalized spacial score (nSPS) is 19.3. The number of alkyl halides is 3. The topological polar surface area (TPSA) is 59.9 Å². The molecule has 0 amide bonds. The summed E-state index contributed by atoms with van der Waals surface area (Å²) in [5.41, 5.74) is 0.496. The molecular weight excluding hydrogens is 381 g/mol. The van der Waals surface area contributed by atoms with E-state index in [0.29, 0.717) is 18.7 Å². The maximum atomic E-state index is 13.3. The molecule has 3 aromatic rings. The number of halogens is 3. The van der Waals surface area contributed by atoms with E-state index in [1.807, 2.05) is 30.3 Å². The molecule has 2 unspecified atom stereocenters. The minimum absolute atomic E-state index is 0.0160. The summed E-state index contributed by atoms with van der Waals surface area (Å²) >= 11 is 0. The summed E-state index contributed by atoms with van der Waals surface area (Å²) in [6, 6.07) is 14.0. The van der Waals surface area contributed by atoms with Gasteiger partial charge in [-0.1, -0.05) is 30.3 Å². The molecule has 3 heterocycles. The average molecular weight is 400 g/mol. The second-order valence-corrected chi connectivity index (χ2v) is 6.83. The van der Waals surface area contributed by atoms with Crippen LogP contribution in [0.3, 0.4) is 0 Å². The zero-order chi connectivity index (χ0) is 20.3. The highest BCUT2D eigenvalue weighted by Gasteiger charge is 2.34. The molecule has 0 radical (unpaired) electrons. The number of benzene rings is 1. The van der Waals surface area contributed by atoms with Crippen molar-refractivity contribution in [3.05, 3.63) is 72.2 Å². The lowest BCUT2D eigenvalue weighted by atomic mass is 9.95. The van der Waals surface area contributed by atoms with Gasteiger partial charge in [-0.05, 0) is 24.1 Å². The van der Waals surface area contributed by atoms with Gasteiger partial charge >= 0.3 is 6.18 Å². The number of nitrogens with one attached hydrogen (secondary N) is 1. The number of ether oxygens (including phenoxy) is 1. The zero-order valence-corrected chi connectivity index (χ0v) is 15.4. The van der Waals surface area contributed by atoms with Crippen LogP contribution in [-0.4, -0.2) is 28.1 Å². The Kier molecular flexibility index (Phi) is 5.44. The molecule has 1 aliphatic heterocycles. The Morgan fingerprint density at radius 2 is 1.90 bits per heavy atom. The molecule has 4 rings (SSSR count). The molecule has 0 spiro atoms. The lowest BCUT2D eigenvalue weighted by molar-refractivity contribution is -0.141. The van der Waals surface area contributed by atoms with Crippen LogP contribution in [0.1, 0.15) is 23.8 Å². The highest BCUT2D eigenvalue weighted by molar-refractivity contribution is 5.56. The van der Waals surface area contributed by atoms with Gasteiger partial charge in [0.25, 0.3) is 0 Å². The van der Waals surface area contributed by atoms with Crippen molar-refractivity contribution in [1.82, 2.24) is 15.0 Å². The summed E-state index contributed by atoms with van der Waals surface area (Å²) in [6.07, 6.45) is -0.862. The summed E-state index contributed by atoms with van der Waals surface area (Å²) in [4.78, 5) is 11.9. The van der Waals surface area contributed by atoms with E-state index in [9.17, 15) is 13.2 Å². The van der Waals surface area contributed by atoms with Crippen LogP contribution < -0.4 is 5.32 Å². The summed E-state index contributed by atoms with van der Waals surface area (Å²) < 4.78 is 45.9. The van der Waals surface area contributed by atoms with E-state index in [-0.39, 0.29) is 23.7 Å². The van der Waals surface area contributed by atoms with Gasteiger partial charge in [-0.2, -0.15) is 13.2 Å². The SMILES string of the molecule is FC(F)(F)c1cc(NCC2CCOC2c2ccccc2)nc(-c2cccnc2)n1. The van der Waals surface area contributed by atoms with Crippen molar-refractivity contribution < 1.29 is 17.9 Å². The first-order valence-corrected chi connectivity index (χ1v) is 9.28. The molecule has 5 nitrogen and oxygen atoms in total. The van der Waals surface area contributed by atoms with Gasteiger partial charge in [-0.15, -0.1) is 0 Å². The van der Waals surface area contributed by atoms with E-state index in [1.165, 1.54) is 6.20 Å². The van der Waals surface area contributed by atoms with Crippen molar-refractivity contribution >= 4 is 5.82 Å². The van der Waals surface area contributed by atoms with Gasteiger partial charge in [-0.25, -0.2) is 9.97 Å². The molecule has 1 aromatic carbocycles. The number of anilines is 1. The minimum Gasteiger partial charge on any atom is -0.373 e. The van der Waals surface area contributed by atoms with Crippen LogP contribution in [0.5, 0.6) is 0 Å². The molecule has 8 heteroatoms. The predicted molar refractivity (Wildman–Crippen MR) is 102 cm³/mol. The number of aromatic nitrogens is 3. The Labute approximate surface area is 166 Å². The third kappa shape index (κ3) is 4.54. The van der Waals surface area contributed by atoms with Crippen molar-refractivity contribution in [1.29, 1.82) is 0 Å². The molecular formula is C21H19F3N4O. The summed E-state index contributed by atoms with van der Waals surface area (Å²) in [7, 11) is 0. The molecule has 150 valence electrons. The van der Waals surface area contributed by atoms with Gasteiger partial charge in [0.15, 0.2) is 11.5 Å². The van der Waals surface area contributed by atoms with Crippen LogP contribution in [0.25, 0.3) is 11.4 Å². The van der Waals surface area contributed by atoms with E-state index in [0.717, 1.165) is 18.1 Å². The monoisotopic (exact) mass is 400 g/mol. The second kappa shape index (κ2) is 8.16. The average Bonchev–Trinajstić information content (AvgIpc) is 3.21. The first-order valence-electron chi connectivity index (χ1n) is 9.28. The Bertz CT molecular complexity index is 951. The van der Waals surface area contributed by atoms with Gasteiger partial charge in [0.2, 0.25) is 0 Å². The van der Waals surface area contributed by atoms with E-state index < -0.39 is 11.9 Å². The number of rotatable bonds is 5. The van der Waals surface area contributed by atoms with Gasteiger partial charge < -0.3 is 10.1 Å². The largest absolute Gasteiger partial charge is 0.433 e. The fourth-order valence-electron chi connectivity index (χ4n) is 3.40. The number of pyridine rings is 1. The summed E-state index contributed by atoms with van der Waals surface area (Å²) in [5.74, 6) is 0.242. The minimum atomic E-state index is -4.57. The van der Waals surface area contributed by atoms with Crippen LogP contribution in [0.2, 0.25) is 0 Å². The summed E-state index contributed by atoms with van der Waals surface area (Å²) in [6.45, 7) is 1.06. The zero-order valence-electron chi connectivity index (χ0n) is 15.4. The molecule has 0 bridgehead atoms. The van der Waals surface area contributed by atoms with Crippen LogP contribution in [-0.2, 0) is 10.9 Å². The van der Waals surface area contributed by atoms with Crippen LogP contribution in [0.15, 0.2) is 60.9 Å². The van der Waals surface area contributed by atoms with Crippen molar-refractivity contribution in [3.63, 3.8) is 0 Å². The van der Waals surface area contributed by atoms with Crippen molar-refractivity contribution in [2.75, 3.05) is 18.5 Å². The maximum absolute atomic E-state index is 13.3.